The van der Waals surface area contributed by atoms with E-state index >= 15 is 0 Å². The third-order valence-electron chi connectivity index (χ3n) is 4.85. The number of rotatable bonds is 8. The Morgan fingerprint density at radius 2 is 1.03 bits per heavy atom. The second kappa shape index (κ2) is 11.3. The Bertz CT molecular complexity index is 1260. The molecule has 0 fully saturated rings. The molecule has 1 atom stereocenters. The molecule has 0 saturated heterocycles. The highest BCUT2D eigenvalue weighted by atomic mass is 35.5. The molecule has 0 aliphatic carbocycles. The first-order chi connectivity index (χ1) is 16.5. The zero-order valence-corrected chi connectivity index (χ0v) is 20.6. The molecule has 0 aliphatic heterocycles. The highest BCUT2D eigenvalue weighted by Gasteiger charge is 2.20. The number of anilines is 1. The van der Waals surface area contributed by atoms with Gasteiger partial charge in [0, 0.05) is 17.3 Å². The van der Waals surface area contributed by atoms with Gasteiger partial charge in [-0.3, -0.25) is 4.57 Å². The lowest BCUT2D eigenvalue weighted by atomic mass is 10.2. The summed E-state index contributed by atoms with van der Waals surface area (Å²) in [7, 11) is -3.34. The second-order valence-corrected chi connectivity index (χ2v) is 10.4. The van der Waals surface area contributed by atoms with Gasteiger partial charge in [0.15, 0.2) is 0 Å². The van der Waals surface area contributed by atoms with Gasteiger partial charge in [0.05, 0.1) is 10.1 Å². The van der Waals surface area contributed by atoms with Gasteiger partial charge in [-0.25, -0.2) is 0 Å². The molecule has 0 aromatic heterocycles. The summed E-state index contributed by atoms with van der Waals surface area (Å²) < 4.78 is 19.9. The molecule has 1 unspecified atom stereocenters. The smallest absolute Gasteiger partial charge is 0.216 e. The van der Waals surface area contributed by atoms with Crippen molar-refractivity contribution in [2.45, 2.75) is 0 Å². The number of ether oxygens (including phenoxy) is 1. The highest BCUT2D eigenvalue weighted by Crippen LogP contribution is 2.53. The maximum atomic E-state index is 14.1. The largest absolute Gasteiger partial charge is 0.457 e. The predicted molar refractivity (Wildman–Crippen MR) is 145 cm³/mol. The molecule has 6 heteroatoms. The summed E-state index contributed by atoms with van der Waals surface area (Å²) in [6.07, 6.45) is 0. The first-order valence-electron chi connectivity index (χ1n) is 10.6. The fraction of sp³-hybridized carbons (Fsp3) is 0. The summed E-state index contributed by atoms with van der Waals surface area (Å²) in [5.41, 5.74) is 2.18. The number of halogens is 2. The van der Waals surface area contributed by atoms with Crippen molar-refractivity contribution in [1.29, 1.82) is 0 Å². The topological polar surface area (TPSA) is 38.3 Å². The van der Waals surface area contributed by atoms with E-state index in [4.69, 9.17) is 27.9 Å². The van der Waals surface area contributed by atoms with Gasteiger partial charge in [-0.15, -0.1) is 0 Å². The van der Waals surface area contributed by atoms with Gasteiger partial charge in [-0.05, 0) is 47.5 Å². The summed E-state index contributed by atoms with van der Waals surface area (Å²) in [6.45, 7) is 0. The van der Waals surface area contributed by atoms with E-state index < -0.39 is 7.29 Å². The monoisotopic (exact) mass is 505 g/mol. The lowest BCUT2D eigenvalue weighted by Gasteiger charge is -2.16. The Labute approximate surface area is 209 Å². The highest BCUT2D eigenvalue weighted by molar-refractivity contribution is 7.72. The van der Waals surface area contributed by atoms with Gasteiger partial charge in [-0.1, -0.05) is 102 Å². The number of nitrogens with one attached hydrogen (secondary N) is 1. The van der Waals surface area contributed by atoms with E-state index in [1.165, 1.54) is 11.6 Å². The van der Waals surface area contributed by atoms with Crippen molar-refractivity contribution in [3.05, 3.63) is 138 Å². The quantitative estimate of drug-likeness (QED) is 0.242. The summed E-state index contributed by atoms with van der Waals surface area (Å²) in [4.78, 5) is 0. The molecule has 3 nitrogen and oxygen atoms in total. The molecule has 0 heterocycles. The van der Waals surface area contributed by atoms with Crippen LogP contribution < -0.4 is 9.82 Å². The fourth-order valence-electron chi connectivity index (χ4n) is 3.21. The van der Waals surface area contributed by atoms with Crippen molar-refractivity contribution in [2.75, 3.05) is 5.09 Å². The van der Waals surface area contributed by atoms with Crippen LogP contribution in [-0.4, -0.2) is 0 Å². The average Bonchev–Trinajstić information content (AvgIpc) is 2.87. The van der Waals surface area contributed by atoms with Crippen molar-refractivity contribution in [3.63, 3.8) is 0 Å². The van der Waals surface area contributed by atoms with Crippen molar-refractivity contribution in [3.8, 4) is 11.5 Å². The van der Waals surface area contributed by atoms with Gasteiger partial charge in [0.1, 0.15) is 11.5 Å². The molecular formula is C28H22Cl2NO2P. The zero-order chi connectivity index (χ0) is 23.8. The maximum absolute atomic E-state index is 14.1. The molecule has 4 aromatic carbocycles. The van der Waals surface area contributed by atoms with Crippen LogP contribution in [0.25, 0.3) is 10.1 Å². The first kappa shape index (κ1) is 23.9. The zero-order valence-electron chi connectivity index (χ0n) is 18.1. The molecule has 0 radical (unpaired) electrons. The van der Waals surface area contributed by atoms with Gasteiger partial charge in [-0.2, -0.15) is 0 Å². The third kappa shape index (κ3) is 6.65. The Kier molecular flexibility index (Phi) is 7.92. The van der Waals surface area contributed by atoms with E-state index in [0.717, 1.165) is 16.9 Å². The van der Waals surface area contributed by atoms with Crippen LogP contribution in [0, 0.1) is 0 Å². The number of benzene rings is 4. The van der Waals surface area contributed by atoms with Crippen molar-refractivity contribution in [1.82, 2.24) is 0 Å². The lowest BCUT2D eigenvalue weighted by Crippen LogP contribution is -1.94. The predicted octanol–water partition coefficient (Wildman–Crippen LogP) is 9.64. The minimum atomic E-state index is -3.34. The van der Waals surface area contributed by atoms with E-state index in [-0.39, 0.29) is 0 Å². The summed E-state index contributed by atoms with van der Waals surface area (Å²) in [6, 6.07) is 35.5. The molecule has 0 aliphatic rings. The molecular weight excluding hydrogens is 484 g/mol. The first-order valence-corrected chi connectivity index (χ1v) is 13.2. The van der Waals surface area contributed by atoms with Gasteiger partial charge < -0.3 is 9.82 Å². The number of para-hydroxylation sites is 1. The van der Waals surface area contributed by atoms with E-state index in [0.29, 0.717) is 21.5 Å². The van der Waals surface area contributed by atoms with E-state index in [1.54, 1.807) is 12.1 Å². The number of hydrogen-bond donors (Lipinski definition) is 1. The molecule has 0 spiro atoms. The average molecular weight is 506 g/mol. The van der Waals surface area contributed by atoms with Crippen molar-refractivity contribution >= 4 is 46.2 Å². The van der Waals surface area contributed by atoms with Crippen LogP contribution in [0.1, 0.15) is 11.1 Å². The Balaban J connectivity index is 1.63. The van der Waals surface area contributed by atoms with Crippen LogP contribution in [0.3, 0.4) is 0 Å². The van der Waals surface area contributed by atoms with E-state index in [9.17, 15) is 4.57 Å². The van der Waals surface area contributed by atoms with Gasteiger partial charge in [0.2, 0.25) is 7.29 Å². The van der Waals surface area contributed by atoms with E-state index in [1.807, 2.05) is 103 Å². The summed E-state index contributed by atoms with van der Waals surface area (Å²) in [5, 5.41) is 3.87. The molecule has 34 heavy (non-hydrogen) atoms. The molecule has 170 valence electrons. The minimum absolute atomic E-state index is 0.370. The van der Waals surface area contributed by atoms with Crippen molar-refractivity contribution in [2.24, 2.45) is 0 Å². The Morgan fingerprint density at radius 3 is 1.50 bits per heavy atom. The van der Waals surface area contributed by atoms with Crippen molar-refractivity contribution < 1.29 is 9.30 Å². The van der Waals surface area contributed by atoms with Crippen LogP contribution >= 0.6 is 30.5 Å². The van der Waals surface area contributed by atoms with Gasteiger partial charge >= 0.3 is 0 Å². The molecule has 0 amide bonds. The van der Waals surface area contributed by atoms with Crippen LogP contribution in [-0.2, 0) is 4.57 Å². The lowest BCUT2D eigenvalue weighted by molar-refractivity contribution is 0.483. The van der Waals surface area contributed by atoms with Crippen LogP contribution in [0.15, 0.2) is 127 Å². The molecule has 4 aromatic rings. The summed E-state index contributed by atoms with van der Waals surface area (Å²) >= 11 is 13.1. The van der Waals surface area contributed by atoms with Gasteiger partial charge in [0.25, 0.3) is 0 Å². The molecule has 1 N–H and O–H groups in total. The number of hydrogen-bond acceptors (Lipinski definition) is 2. The SMILES string of the molecule is O=P(C=C(Cl)c1ccccc1)(/C=C(/Cl)c1ccccc1)Nc1ccc(Oc2ccccc2)cc1. The van der Waals surface area contributed by atoms with Crippen LogP contribution in [0.5, 0.6) is 11.5 Å². The third-order valence-corrected chi connectivity index (χ3v) is 7.70. The minimum Gasteiger partial charge on any atom is -0.457 e. The van der Waals surface area contributed by atoms with Crippen LogP contribution in [0.4, 0.5) is 5.69 Å². The second-order valence-electron chi connectivity index (χ2n) is 7.45. The fourth-order valence-corrected chi connectivity index (χ4v) is 6.06. The Morgan fingerprint density at radius 1 is 0.618 bits per heavy atom. The Hall–Kier alpha value is -3.23. The normalized spacial score (nSPS) is 13.7. The maximum Gasteiger partial charge on any atom is 0.216 e. The standard InChI is InChI=1S/C28H22Cl2NO2P/c29-27(22-10-4-1-5-11-22)20-34(32,21-28(30)23-12-6-2-7-13-23)31-24-16-18-26(19-17-24)33-25-14-8-3-9-15-25/h1-21H,(H,31,32)/b27-20+,28-21?. The summed E-state index contributed by atoms with van der Waals surface area (Å²) in [5.74, 6) is 4.47. The molecule has 4 rings (SSSR count). The van der Waals surface area contributed by atoms with E-state index in [2.05, 4.69) is 5.09 Å². The molecule has 0 saturated carbocycles. The molecule has 0 bridgehead atoms. The van der Waals surface area contributed by atoms with Crippen LogP contribution in [0.2, 0.25) is 0 Å².